The van der Waals surface area contributed by atoms with Crippen molar-refractivity contribution in [3.8, 4) is 0 Å². The lowest BCUT2D eigenvalue weighted by atomic mass is 9.72. The summed E-state index contributed by atoms with van der Waals surface area (Å²) in [5.74, 6) is 0.815. The van der Waals surface area contributed by atoms with Gasteiger partial charge in [-0.25, -0.2) is 0 Å². The molecule has 17 heavy (non-hydrogen) atoms. The van der Waals surface area contributed by atoms with Crippen LogP contribution in [-0.2, 0) is 4.74 Å². The molecular formula is C13H27N3O. The molecule has 1 heterocycles. The zero-order valence-corrected chi connectivity index (χ0v) is 11.5. The molecule has 4 heteroatoms. The first-order valence-electron chi connectivity index (χ1n) is 6.72. The van der Waals surface area contributed by atoms with Crippen LogP contribution in [0, 0.1) is 5.92 Å². The van der Waals surface area contributed by atoms with Crippen molar-refractivity contribution in [1.29, 1.82) is 0 Å². The molecule has 1 atom stereocenters. The molecule has 0 aromatic carbocycles. The van der Waals surface area contributed by atoms with Gasteiger partial charge < -0.3 is 15.4 Å². The first-order valence-corrected chi connectivity index (χ1v) is 6.72. The van der Waals surface area contributed by atoms with Crippen LogP contribution in [0.1, 0.15) is 19.3 Å². The third-order valence-corrected chi connectivity index (χ3v) is 4.76. The van der Waals surface area contributed by atoms with Gasteiger partial charge in [0.15, 0.2) is 0 Å². The van der Waals surface area contributed by atoms with Gasteiger partial charge in [0.1, 0.15) is 0 Å². The molecule has 0 bridgehead atoms. The molecule has 2 N–H and O–H groups in total. The minimum Gasteiger partial charge on any atom is -0.381 e. The monoisotopic (exact) mass is 241 g/mol. The van der Waals surface area contributed by atoms with Gasteiger partial charge in [0.25, 0.3) is 0 Å². The average Bonchev–Trinajstić information content (AvgIpc) is 2.64. The van der Waals surface area contributed by atoms with Gasteiger partial charge in [0.2, 0.25) is 0 Å². The van der Waals surface area contributed by atoms with Crippen LogP contribution in [0.25, 0.3) is 0 Å². The zero-order valence-electron chi connectivity index (χ0n) is 11.5. The molecule has 2 rings (SSSR count). The maximum absolute atomic E-state index is 5.98. The lowest BCUT2D eigenvalue weighted by Gasteiger charge is -2.52. The molecule has 1 saturated heterocycles. The van der Waals surface area contributed by atoms with Crippen molar-refractivity contribution < 1.29 is 4.74 Å². The minimum absolute atomic E-state index is 0.210. The number of rotatable bonds is 5. The van der Waals surface area contributed by atoms with E-state index in [-0.39, 0.29) is 5.54 Å². The van der Waals surface area contributed by atoms with E-state index in [1.54, 1.807) is 7.11 Å². The number of ether oxygens (including phenoxy) is 1. The smallest absolute Gasteiger partial charge is 0.0607 e. The number of hydrogen-bond donors (Lipinski definition) is 1. The molecule has 0 amide bonds. The van der Waals surface area contributed by atoms with Crippen LogP contribution < -0.4 is 5.73 Å². The molecular weight excluding hydrogens is 214 g/mol. The summed E-state index contributed by atoms with van der Waals surface area (Å²) in [7, 11) is 6.25. The topological polar surface area (TPSA) is 41.7 Å². The van der Waals surface area contributed by atoms with Crippen molar-refractivity contribution in [2.24, 2.45) is 11.7 Å². The van der Waals surface area contributed by atoms with Crippen molar-refractivity contribution >= 4 is 0 Å². The summed E-state index contributed by atoms with van der Waals surface area (Å²) in [4.78, 5) is 4.92. The number of nitrogens with two attached hydrogens (primary N) is 1. The number of hydrogen-bond acceptors (Lipinski definition) is 4. The maximum Gasteiger partial charge on any atom is 0.0607 e. The summed E-state index contributed by atoms with van der Waals surface area (Å²) >= 11 is 0. The summed E-state index contributed by atoms with van der Waals surface area (Å²) in [5, 5.41) is 0. The molecule has 1 aliphatic heterocycles. The second-order valence-electron chi connectivity index (χ2n) is 5.99. The number of likely N-dealkylation sites (N-methyl/N-ethyl adjacent to an activating group) is 1. The Morgan fingerprint density at radius 2 is 2.18 bits per heavy atom. The van der Waals surface area contributed by atoms with Crippen LogP contribution >= 0.6 is 0 Å². The quantitative estimate of drug-likeness (QED) is 0.755. The predicted molar refractivity (Wildman–Crippen MR) is 70.1 cm³/mol. The van der Waals surface area contributed by atoms with Crippen LogP contribution in [0.15, 0.2) is 0 Å². The highest BCUT2D eigenvalue weighted by molar-refractivity contribution is 5.04. The highest BCUT2D eigenvalue weighted by atomic mass is 16.5. The second-order valence-corrected chi connectivity index (χ2v) is 5.99. The number of methoxy groups -OCH3 is 1. The van der Waals surface area contributed by atoms with Crippen molar-refractivity contribution in [2.75, 3.05) is 47.4 Å². The lowest BCUT2D eigenvalue weighted by Crippen LogP contribution is -2.63. The lowest BCUT2D eigenvalue weighted by molar-refractivity contribution is -0.0816. The Kier molecular flexibility index (Phi) is 4.08. The third-order valence-electron chi connectivity index (χ3n) is 4.76. The largest absolute Gasteiger partial charge is 0.381 e. The summed E-state index contributed by atoms with van der Waals surface area (Å²) in [6.45, 7) is 4.41. The van der Waals surface area contributed by atoms with E-state index in [4.69, 9.17) is 10.5 Å². The van der Waals surface area contributed by atoms with Crippen molar-refractivity contribution in [3.05, 3.63) is 0 Å². The van der Waals surface area contributed by atoms with E-state index in [1.807, 2.05) is 0 Å². The highest BCUT2D eigenvalue weighted by Gasteiger charge is 2.46. The van der Waals surface area contributed by atoms with Gasteiger partial charge in [-0.2, -0.15) is 0 Å². The molecule has 0 radical (unpaired) electrons. The van der Waals surface area contributed by atoms with Crippen molar-refractivity contribution in [2.45, 2.75) is 30.9 Å². The Morgan fingerprint density at radius 3 is 2.65 bits per heavy atom. The SMILES string of the molecule is COC1CC(CN)(N(C)CC2CCN(C)C2)C1. The van der Waals surface area contributed by atoms with Gasteiger partial charge >= 0.3 is 0 Å². The Hall–Kier alpha value is -0.160. The van der Waals surface area contributed by atoms with E-state index in [0.29, 0.717) is 6.10 Å². The predicted octanol–water partition coefficient (Wildman–Crippen LogP) is 0.376. The van der Waals surface area contributed by atoms with Gasteiger partial charge in [-0.1, -0.05) is 0 Å². The first-order chi connectivity index (χ1) is 8.09. The van der Waals surface area contributed by atoms with E-state index in [9.17, 15) is 0 Å². The standard InChI is InChI=1S/C13H27N3O/c1-15-5-4-11(8-15)9-16(2)13(10-14)6-12(7-13)17-3/h11-12H,4-10,14H2,1-3H3. The molecule has 0 spiro atoms. The van der Waals surface area contributed by atoms with Crippen LogP contribution in [0.3, 0.4) is 0 Å². The number of nitrogens with zero attached hydrogens (tertiary/aromatic N) is 2. The summed E-state index contributed by atoms with van der Waals surface area (Å²) < 4.78 is 5.39. The van der Waals surface area contributed by atoms with E-state index in [0.717, 1.165) is 25.3 Å². The van der Waals surface area contributed by atoms with E-state index >= 15 is 0 Å². The fraction of sp³-hybridized carbons (Fsp3) is 1.00. The number of likely N-dealkylation sites (tertiary alicyclic amines) is 1. The second kappa shape index (κ2) is 5.22. The zero-order chi connectivity index (χ0) is 12.5. The van der Waals surface area contributed by atoms with Gasteiger partial charge in [-0.05, 0) is 45.8 Å². The molecule has 1 saturated carbocycles. The molecule has 1 aliphatic carbocycles. The summed E-state index contributed by atoms with van der Waals surface area (Å²) in [6.07, 6.45) is 3.94. The molecule has 2 aliphatic rings. The third kappa shape index (κ3) is 2.65. The van der Waals surface area contributed by atoms with Crippen LogP contribution in [0.4, 0.5) is 0 Å². The molecule has 0 aromatic heterocycles. The van der Waals surface area contributed by atoms with E-state index < -0.39 is 0 Å². The highest BCUT2D eigenvalue weighted by Crippen LogP contribution is 2.38. The molecule has 2 fully saturated rings. The van der Waals surface area contributed by atoms with Gasteiger partial charge in [-0.15, -0.1) is 0 Å². The minimum atomic E-state index is 0.210. The Morgan fingerprint density at radius 1 is 1.47 bits per heavy atom. The van der Waals surface area contributed by atoms with E-state index in [2.05, 4.69) is 23.9 Å². The molecule has 4 nitrogen and oxygen atoms in total. The maximum atomic E-state index is 5.98. The fourth-order valence-electron chi connectivity index (χ4n) is 3.34. The summed E-state index contributed by atoms with van der Waals surface area (Å²) in [6, 6.07) is 0. The van der Waals surface area contributed by atoms with Gasteiger partial charge in [0, 0.05) is 32.3 Å². The Balaban J connectivity index is 1.84. The van der Waals surface area contributed by atoms with Gasteiger partial charge in [-0.3, -0.25) is 4.90 Å². The van der Waals surface area contributed by atoms with Crippen molar-refractivity contribution in [3.63, 3.8) is 0 Å². The Bertz CT molecular complexity index is 253. The first kappa shape index (κ1) is 13.3. The fourth-order valence-corrected chi connectivity index (χ4v) is 3.34. The van der Waals surface area contributed by atoms with Crippen LogP contribution in [-0.4, -0.2) is 68.8 Å². The molecule has 0 aromatic rings. The van der Waals surface area contributed by atoms with Gasteiger partial charge in [0.05, 0.1) is 6.10 Å². The van der Waals surface area contributed by atoms with E-state index in [1.165, 1.54) is 26.1 Å². The Labute approximate surface area is 105 Å². The molecule has 1 unspecified atom stereocenters. The van der Waals surface area contributed by atoms with Crippen LogP contribution in [0.2, 0.25) is 0 Å². The average molecular weight is 241 g/mol. The van der Waals surface area contributed by atoms with Crippen LogP contribution in [0.5, 0.6) is 0 Å². The molecule has 100 valence electrons. The van der Waals surface area contributed by atoms with Crippen molar-refractivity contribution in [1.82, 2.24) is 9.80 Å². The summed E-state index contributed by atoms with van der Waals surface area (Å²) in [5.41, 5.74) is 6.19. The normalized spacial score (nSPS) is 38.6.